The summed E-state index contributed by atoms with van der Waals surface area (Å²) in [6.45, 7) is 7.69. The summed E-state index contributed by atoms with van der Waals surface area (Å²) in [5.74, 6) is -0.298. The second-order valence-electron chi connectivity index (χ2n) is 7.34. The van der Waals surface area contributed by atoms with E-state index in [1.54, 1.807) is 6.92 Å². The van der Waals surface area contributed by atoms with Crippen LogP contribution >= 0.6 is 0 Å². The molecule has 158 valence electrons. The monoisotopic (exact) mass is 409 g/mol. The lowest BCUT2D eigenvalue weighted by Crippen LogP contribution is -3.11. The lowest BCUT2D eigenvalue weighted by molar-refractivity contribution is -0.905. The fourth-order valence-corrected chi connectivity index (χ4v) is 3.61. The smallest absolute Gasteiger partial charge is 0.374 e. The van der Waals surface area contributed by atoms with Crippen molar-refractivity contribution in [3.8, 4) is 0 Å². The van der Waals surface area contributed by atoms with Gasteiger partial charge in [-0.2, -0.15) is 0 Å². The van der Waals surface area contributed by atoms with Gasteiger partial charge in [-0.05, 0) is 38.0 Å². The van der Waals surface area contributed by atoms with Gasteiger partial charge in [0.1, 0.15) is 12.1 Å². The highest BCUT2D eigenvalue weighted by atomic mass is 16.5. The van der Waals surface area contributed by atoms with E-state index in [1.165, 1.54) is 0 Å². The molecular formula is C24H29N2O4+. The predicted octanol–water partition coefficient (Wildman–Crippen LogP) is 3.35. The molecule has 0 aliphatic rings. The first-order chi connectivity index (χ1) is 14.5. The molecule has 0 saturated heterocycles. The van der Waals surface area contributed by atoms with Crippen molar-refractivity contribution in [1.82, 2.24) is 0 Å². The SMILES string of the molecule is CCC[NH+](CC(=O)Nc1ccccc1C)Cc1c(C(=O)OCC)oc2ccccc12. The number of para-hydroxylation sites is 2. The van der Waals surface area contributed by atoms with Gasteiger partial charge in [-0.15, -0.1) is 0 Å². The summed E-state index contributed by atoms with van der Waals surface area (Å²) in [6.07, 6.45) is 0.914. The van der Waals surface area contributed by atoms with Crippen LogP contribution in [-0.4, -0.2) is 31.6 Å². The molecule has 0 bridgehead atoms. The van der Waals surface area contributed by atoms with Gasteiger partial charge in [-0.25, -0.2) is 4.79 Å². The molecule has 6 heteroatoms. The quantitative estimate of drug-likeness (QED) is 0.532. The van der Waals surface area contributed by atoms with Crippen molar-refractivity contribution in [1.29, 1.82) is 0 Å². The van der Waals surface area contributed by atoms with Crippen molar-refractivity contribution in [2.75, 3.05) is 25.0 Å². The summed E-state index contributed by atoms with van der Waals surface area (Å²) in [4.78, 5) is 26.2. The molecule has 0 spiro atoms. The van der Waals surface area contributed by atoms with Gasteiger partial charge in [-0.3, -0.25) is 4.79 Å². The van der Waals surface area contributed by atoms with E-state index in [4.69, 9.17) is 9.15 Å². The van der Waals surface area contributed by atoms with Crippen LogP contribution in [0.2, 0.25) is 0 Å². The van der Waals surface area contributed by atoms with Crippen molar-refractivity contribution in [2.45, 2.75) is 33.7 Å². The third kappa shape index (κ3) is 5.07. The minimum atomic E-state index is -0.469. The van der Waals surface area contributed by atoms with Crippen LogP contribution in [0, 0.1) is 6.92 Å². The van der Waals surface area contributed by atoms with Crippen molar-refractivity contribution < 1.29 is 23.6 Å². The van der Waals surface area contributed by atoms with E-state index in [2.05, 4.69) is 12.2 Å². The Bertz CT molecular complexity index is 1020. The second kappa shape index (κ2) is 10.1. The van der Waals surface area contributed by atoms with Gasteiger partial charge in [0.2, 0.25) is 5.76 Å². The molecule has 1 amide bonds. The number of esters is 1. The van der Waals surface area contributed by atoms with Gasteiger partial charge in [0.25, 0.3) is 5.91 Å². The lowest BCUT2D eigenvalue weighted by Gasteiger charge is -2.19. The number of hydrogen-bond donors (Lipinski definition) is 2. The van der Waals surface area contributed by atoms with Crippen LogP contribution in [0.25, 0.3) is 11.0 Å². The third-order valence-electron chi connectivity index (χ3n) is 5.02. The van der Waals surface area contributed by atoms with Crippen LogP contribution in [0.3, 0.4) is 0 Å². The second-order valence-corrected chi connectivity index (χ2v) is 7.34. The molecule has 6 nitrogen and oxygen atoms in total. The number of ether oxygens (including phenoxy) is 1. The average molecular weight is 410 g/mol. The summed E-state index contributed by atoms with van der Waals surface area (Å²) in [5, 5.41) is 3.88. The maximum atomic E-state index is 12.7. The van der Waals surface area contributed by atoms with Gasteiger partial charge in [0.15, 0.2) is 6.54 Å². The Balaban J connectivity index is 1.83. The summed E-state index contributed by atoms with van der Waals surface area (Å²) in [6, 6.07) is 15.3. The van der Waals surface area contributed by atoms with Crippen LogP contribution in [-0.2, 0) is 16.1 Å². The maximum absolute atomic E-state index is 12.7. The molecule has 3 aromatic rings. The first-order valence-corrected chi connectivity index (χ1v) is 10.4. The zero-order valence-electron chi connectivity index (χ0n) is 17.8. The Labute approximate surface area is 176 Å². The van der Waals surface area contributed by atoms with E-state index in [-0.39, 0.29) is 18.3 Å². The number of amides is 1. The Morgan fingerprint density at radius 2 is 1.80 bits per heavy atom. The van der Waals surface area contributed by atoms with E-state index in [0.717, 1.165) is 40.1 Å². The number of anilines is 1. The number of fused-ring (bicyclic) bond motifs is 1. The molecule has 30 heavy (non-hydrogen) atoms. The molecule has 0 aliphatic carbocycles. The Kier molecular flexibility index (Phi) is 7.25. The molecule has 0 fully saturated rings. The normalized spacial score (nSPS) is 12.0. The number of hydrogen-bond acceptors (Lipinski definition) is 4. The minimum absolute atomic E-state index is 0.0572. The minimum Gasteiger partial charge on any atom is -0.460 e. The number of aryl methyl sites for hydroxylation is 1. The van der Waals surface area contributed by atoms with Gasteiger partial charge in [0, 0.05) is 11.1 Å². The first-order valence-electron chi connectivity index (χ1n) is 10.4. The molecule has 2 N–H and O–H groups in total. The third-order valence-corrected chi connectivity index (χ3v) is 5.02. The highest BCUT2D eigenvalue weighted by Gasteiger charge is 2.26. The molecule has 1 unspecified atom stereocenters. The molecule has 0 aliphatic heterocycles. The summed E-state index contributed by atoms with van der Waals surface area (Å²) in [7, 11) is 0. The average Bonchev–Trinajstić information content (AvgIpc) is 3.09. The van der Waals surface area contributed by atoms with E-state index < -0.39 is 5.97 Å². The highest BCUT2D eigenvalue weighted by molar-refractivity contribution is 5.96. The molecule has 1 heterocycles. The van der Waals surface area contributed by atoms with Crippen molar-refractivity contribution in [2.24, 2.45) is 0 Å². The van der Waals surface area contributed by atoms with Crippen LogP contribution < -0.4 is 10.2 Å². The molecule has 0 saturated carbocycles. The highest BCUT2D eigenvalue weighted by Crippen LogP contribution is 2.26. The number of quaternary nitrogens is 1. The Morgan fingerprint density at radius 3 is 2.53 bits per heavy atom. The zero-order chi connectivity index (χ0) is 21.5. The number of carbonyl (C=O) groups is 2. The Morgan fingerprint density at radius 1 is 1.07 bits per heavy atom. The Hall–Kier alpha value is -3.12. The summed E-state index contributed by atoms with van der Waals surface area (Å²) >= 11 is 0. The molecular weight excluding hydrogens is 380 g/mol. The van der Waals surface area contributed by atoms with E-state index in [1.807, 2.05) is 55.5 Å². The molecule has 0 radical (unpaired) electrons. The molecule has 3 rings (SSSR count). The van der Waals surface area contributed by atoms with Gasteiger partial charge in [-0.1, -0.05) is 43.3 Å². The first kappa shape index (κ1) is 21.6. The van der Waals surface area contributed by atoms with E-state index in [9.17, 15) is 9.59 Å². The van der Waals surface area contributed by atoms with Crippen LogP contribution in [0.15, 0.2) is 52.9 Å². The summed E-state index contributed by atoms with van der Waals surface area (Å²) < 4.78 is 11.0. The van der Waals surface area contributed by atoms with E-state index in [0.29, 0.717) is 18.7 Å². The van der Waals surface area contributed by atoms with Gasteiger partial charge < -0.3 is 19.4 Å². The molecule has 1 atom stereocenters. The zero-order valence-corrected chi connectivity index (χ0v) is 17.8. The summed E-state index contributed by atoms with van der Waals surface area (Å²) in [5.41, 5.74) is 3.28. The van der Waals surface area contributed by atoms with Gasteiger partial charge >= 0.3 is 5.97 Å². The molecule has 2 aromatic carbocycles. The predicted molar refractivity (Wildman–Crippen MR) is 117 cm³/mol. The number of nitrogens with one attached hydrogen (secondary N) is 2. The van der Waals surface area contributed by atoms with Crippen LogP contribution in [0.1, 0.15) is 41.9 Å². The largest absolute Gasteiger partial charge is 0.460 e. The fraction of sp³-hybridized carbons (Fsp3) is 0.333. The van der Waals surface area contributed by atoms with Crippen molar-refractivity contribution in [3.05, 3.63) is 65.4 Å². The topological polar surface area (TPSA) is 73.0 Å². The fourth-order valence-electron chi connectivity index (χ4n) is 3.61. The van der Waals surface area contributed by atoms with E-state index >= 15 is 0 Å². The van der Waals surface area contributed by atoms with Crippen LogP contribution in [0.5, 0.6) is 0 Å². The van der Waals surface area contributed by atoms with Crippen molar-refractivity contribution in [3.63, 3.8) is 0 Å². The standard InChI is InChI=1S/C24H28N2O4/c1-4-14-26(16-22(27)25-20-12-8-6-10-17(20)3)15-19-18-11-7-9-13-21(18)30-23(19)24(28)29-5-2/h6-13H,4-5,14-16H2,1-3H3,(H,25,27)/p+1. The lowest BCUT2D eigenvalue weighted by atomic mass is 10.1. The number of carbonyl (C=O) groups excluding carboxylic acids is 2. The van der Waals surface area contributed by atoms with Gasteiger partial charge in [0.05, 0.1) is 18.7 Å². The number of benzene rings is 2. The number of rotatable bonds is 9. The number of furan rings is 1. The molecule has 1 aromatic heterocycles. The maximum Gasteiger partial charge on any atom is 0.374 e. The van der Waals surface area contributed by atoms with Crippen LogP contribution in [0.4, 0.5) is 5.69 Å². The van der Waals surface area contributed by atoms with Crippen molar-refractivity contribution >= 4 is 28.5 Å².